The average molecular weight is 286 g/mol. The number of hydrogen-bond acceptors (Lipinski definition) is 5. The number of carbonyl (C=O) groups excluding carboxylic acids is 1. The molecule has 106 valence electrons. The van der Waals surface area contributed by atoms with Gasteiger partial charge in [0.1, 0.15) is 0 Å². The molecule has 0 aliphatic carbocycles. The molecule has 19 heavy (non-hydrogen) atoms. The highest BCUT2D eigenvalue weighted by atomic mass is 32.2. The van der Waals surface area contributed by atoms with Gasteiger partial charge in [-0.2, -0.15) is 0 Å². The molecule has 0 amide bonds. The minimum absolute atomic E-state index is 0.145. The Balaban J connectivity index is 2.78. The largest absolute Gasteiger partial charge is 0.465 e. The van der Waals surface area contributed by atoms with Crippen LogP contribution in [0.5, 0.6) is 0 Å². The van der Waals surface area contributed by atoms with Gasteiger partial charge in [-0.25, -0.2) is 8.42 Å². The van der Waals surface area contributed by atoms with Crippen molar-refractivity contribution in [3.63, 3.8) is 0 Å². The minimum atomic E-state index is -3.77. The number of nitrogens with two attached hydrogens (primary N) is 1. The fraction of sp³-hybridized carbons (Fsp3) is 0.417. The number of nitrogen functional groups attached to an aromatic ring is 1. The second-order valence-corrected chi connectivity index (χ2v) is 5.66. The predicted molar refractivity (Wildman–Crippen MR) is 74.3 cm³/mol. The Morgan fingerprint density at radius 2 is 2.05 bits per heavy atom. The summed E-state index contributed by atoms with van der Waals surface area (Å²) in [6, 6.07) is 4.89. The van der Waals surface area contributed by atoms with Crippen LogP contribution >= 0.6 is 0 Å². The molecule has 0 heterocycles. The lowest BCUT2D eigenvalue weighted by atomic mass is 10.1. The number of ether oxygens (including phenoxy) is 1. The average Bonchev–Trinajstić information content (AvgIpc) is 2.27. The summed E-state index contributed by atoms with van der Waals surface area (Å²) < 4.78 is 30.3. The third-order valence-corrected chi connectivity index (χ3v) is 3.58. The molecule has 0 radical (unpaired) electrons. The summed E-state index contributed by atoms with van der Waals surface area (Å²) in [4.78, 5) is 11.2. The lowest BCUT2D eigenvalue weighted by Crippen LogP contribution is -2.24. The van der Waals surface area contributed by atoms with Crippen molar-refractivity contribution in [2.45, 2.75) is 20.3 Å². The summed E-state index contributed by atoms with van der Waals surface area (Å²) in [5.74, 6) is -1.50. The zero-order valence-electron chi connectivity index (χ0n) is 11.0. The Bertz CT molecular complexity index is 555. The summed E-state index contributed by atoms with van der Waals surface area (Å²) in [5, 5.41) is 0. The van der Waals surface area contributed by atoms with E-state index in [1.807, 2.05) is 6.92 Å². The first-order valence-corrected chi connectivity index (χ1v) is 7.57. The van der Waals surface area contributed by atoms with E-state index in [4.69, 9.17) is 5.73 Å². The predicted octanol–water partition coefficient (Wildman–Crippen LogP) is 1.14. The lowest BCUT2D eigenvalue weighted by Gasteiger charge is -2.10. The van der Waals surface area contributed by atoms with Crippen molar-refractivity contribution < 1.29 is 17.9 Å². The Morgan fingerprint density at radius 3 is 2.58 bits per heavy atom. The van der Waals surface area contributed by atoms with Crippen molar-refractivity contribution >= 4 is 27.4 Å². The SMILES string of the molecule is CCOC(=O)CS(=O)(=O)Nc1ccc(CC)c(N)c1. The van der Waals surface area contributed by atoms with Crippen molar-refractivity contribution in [3.8, 4) is 0 Å². The summed E-state index contributed by atoms with van der Waals surface area (Å²) in [6.45, 7) is 3.71. The van der Waals surface area contributed by atoms with E-state index in [2.05, 4.69) is 9.46 Å². The highest BCUT2D eigenvalue weighted by molar-refractivity contribution is 7.93. The van der Waals surface area contributed by atoms with Crippen LogP contribution in [0.15, 0.2) is 18.2 Å². The Hall–Kier alpha value is -1.76. The molecule has 0 unspecified atom stereocenters. The Kier molecular flexibility index (Phi) is 5.17. The van der Waals surface area contributed by atoms with Gasteiger partial charge in [-0.15, -0.1) is 0 Å². The number of sulfonamides is 1. The van der Waals surface area contributed by atoms with Gasteiger partial charge >= 0.3 is 5.97 Å². The second kappa shape index (κ2) is 6.42. The number of anilines is 2. The van der Waals surface area contributed by atoms with Crippen molar-refractivity contribution in [2.75, 3.05) is 22.8 Å². The van der Waals surface area contributed by atoms with Crippen LogP contribution in [0, 0.1) is 0 Å². The standard InChI is InChI=1S/C12H18N2O4S/c1-3-9-5-6-10(7-11(9)13)14-19(16,17)8-12(15)18-4-2/h5-7,14H,3-4,8,13H2,1-2H3. The molecule has 7 heteroatoms. The van der Waals surface area contributed by atoms with Crippen molar-refractivity contribution in [3.05, 3.63) is 23.8 Å². The van der Waals surface area contributed by atoms with Crippen molar-refractivity contribution in [1.29, 1.82) is 0 Å². The highest BCUT2D eigenvalue weighted by Crippen LogP contribution is 2.19. The van der Waals surface area contributed by atoms with E-state index in [0.29, 0.717) is 11.4 Å². The summed E-state index contributed by atoms with van der Waals surface area (Å²) in [7, 11) is -3.77. The van der Waals surface area contributed by atoms with E-state index in [0.717, 1.165) is 12.0 Å². The molecule has 1 aromatic rings. The number of benzene rings is 1. The monoisotopic (exact) mass is 286 g/mol. The topological polar surface area (TPSA) is 98.5 Å². The molecule has 0 fully saturated rings. The minimum Gasteiger partial charge on any atom is -0.465 e. The smallest absolute Gasteiger partial charge is 0.323 e. The molecule has 3 N–H and O–H groups in total. The van der Waals surface area contributed by atoms with Crippen LogP contribution in [0.3, 0.4) is 0 Å². The third-order valence-electron chi connectivity index (χ3n) is 2.41. The fourth-order valence-electron chi connectivity index (χ4n) is 1.55. The van der Waals surface area contributed by atoms with Gasteiger partial charge in [-0.1, -0.05) is 13.0 Å². The molecule has 0 aromatic heterocycles. The van der Waals surface area contributed by atoms with E-state index in [1.54, 1.807) is 19.1 Å². The van der Waals surface area contributed by atoms with Crippen LogP contribution in [-0.2, 0) is 26.0 Å². The molecule has 6 nitrogen and oxygen atoms in total. The fourth-order valence-corrected chi connectivity index (χ4v) is 2.51. The van der Waals surface area contributed by atoms with E-state index in [9.17, 15) is 13.2 Å². The van der Waals surface area contributed by atoms with Crippen LogP contribution in [0.4, 0.5) is 11.4 Å². The van der Waals surface area contributed by atoms with Crippen molar-refractivity contribution in [2.24, 2.45) is 0 Å². The third kappa shape index (κ3) is 4.78. The first-order valence-electron chi connectivity index (χ1n) is 5.92. The second-order valence-electron chi connectivity index (χ2n) is 3.93. The normalized spacial score (nSPS) is 11.1. The van der Waals surface area contributed by atoms with Crippen molar-refractivity contribution in [1.82, 2.24) is 0 Å². The lowest BCUT2D eigenvalue weighted by molar-refractivity contribution is -0.139. The van der Waals surface area contributed by atoms with Crippen LogP contribution in [0.1, 0.15) is 19.4 Å². The quantitative estimate of drug-likeness (QED) is 0.603. The van der Waals surface area contributed by atoms with Gasteiger partial charge in [0.15, 0.2) is 5.75 Å². The highest BCUT2D eigenvalue weighted by Gasteiger charge is 2.17. The van der Waals surface area contributed by atoms with Crippen LogP contribution in [-0.4, -0.2) is 26.7 Å². The maximum Gasteiger partial charge on any atom is 0.323 e. The molecule has 1 aromatic carbocycles. The Morgan fingerprint density at radius 1 is 1.37 bits per heavy atom. The molecule has 1 rings (SSSR count). The number of carbonyl (C=O) groups is 1. The number of aryl methyl sites for hydroxylation is 1. The number of esters is 1. The molecular formula is C12H18N2O4S. The summed E-state index contributed by atoms with van der Waals surface area (Å²) >= 11 is 0. The molecular weight excluding hydrogens is 268 g/mol. The first kappa shape index (κ1) is 15.3. The summed E-state index contributed by atoms with van der Waals surface area (Å²) in [5.41, 5.74) is 7.56. The van der Waals surface area contributed by atoms with E-state index in [-0.39, 0.29) is 6.61 Å². The molecule has 0 bridgehead atoms. The number of nitrogens with one attached hydrogen (secondary N) is 1. The number of rotatable bonds is 6. The first-order chi connectivity index (χ1) is 8.88. The zero-order chi connectivity index (χ0) is 14.5. The van der Waals surface area contributed by atoms with E-state index >= 15 is 0 Å². The Labute approximate surface area is 113 Å². The van der Waals surface area contributed by atoms with Gasteiger partial charge in [0.2, 0.25) is 10.0 Å². The maximum atomic E-state index is 11.7. The van der Waals surface area contributed by atoms with Gasteiger partial charge in [-0.05, 0) is 31.0 Å². The molecule has 0 aliphatic rings. The zero-order valence-corrected chi connectivity index (χ0v) is 11.8. The van der Waals surface area contributed by atoms with Gasteiger partial charge in [0.25, 0.3) is 0 Å². The number of hydrogen-bond donors (Lipinski definition) is 2. The summed E-state index contributed by atoms with van der Waals surface area (Å²) in [6.07, 6.45) is 0.766. The molecule has 0 aliphatic heterocycles. The van der Waals surface area contributed by atoms with Gasteiger partial charge in [0, 0.05) is 5.69 Å². The van der Waals surface area contributed by atoms with E-state index in [1.165, 1.54) is 6.07 Å². The molecule has 0 saturated heterocycles. The van der Waals surface area contributed by atoms with Gasteiger partial charge in [0.05, 0.1) is 12.3 Å². The van der Waals surface area contributed by atoms with Gasteiger partial charge in [-0.3, -0.25) is 9.52 Å². The van der Waals surface area contributed by atoms with Gasteiger partial charge < -0.3 is 10.5 Å². The van der Waals surface area contributed by atoms with Crippen LogP contribution < -0.4 is 10.5 Å². The van der Waals surface area contributed by atoms with Crippen LogP contribution in [0.25, 0.3) is 0 Å². The molecule has 0 atom stereocenters. The molecule has 0 saturated carbocycles. The maximum absolute atomic E-state index is 11.7. The molecule has 0 spiro atoms. The van der Waals surface area contributed by atoms with Crippen LogP contribution in [0.2, 0.25) is 0 Å². The van der Waals surface area contributed by atoms with E-state index < -0.39 is 21.7 Å².